The number of carbonyl (C=O) groups excluding carboxylic acids is 2. The van der Waals surface area contributed by atoms with Gasteiger partial charge in [-0.15, -0.1) is 0 Å². The predicted molar refractivity (Wildman–Crippen MR) is 45.4 cm³/mol. The lowest BCUT2D eigenvalue weighted by atomic mass is 10.1. The highest BCUT2D eigenvalue weighted by atomic mass is 16.2. The summed E-state index contributed by atoms with van der Waals surface area (Å²) < 4.78 is 0. The zero-order chi connectivity index (χ0) is 9.23. The highest BCUT2D eigenvalue weighted by molar-refractivity contribution is 5.20. The molecule has 1 aromatic carbocycles. The molecule has 0 atom stereocenters. The van der Waals surface area contributed by atoms with Crippen molar-refractivity contribution in [3.8, 4) is 0 Å². The van der Waals surface area contributed by atoms with Gasteiger partial charge in [-0.3, -0.25) is 0 Å². The summed E-state index contributed by atoms with van der Waals surface area (Å²) in [6.45, 7) is 2.20. The second-order valence-electron chi connectivity index (χ2n) is 2.32. The monoisotopic (exact) mass is 164 g/mol. The molecule has 0 heterocycles. The van der Waals surface area contributed by atoms with Crippen molar-refractivity contribution in [1.82, 2.24) is 0 Å². The molecule has 0 unspecified atom stereocenters. The van der Waals surface area contributed by atoms with E-state index in [1.165, 1.54) is 18.4 Å². The Labute approximate surface area is 72.2 Å². The van der Waals surface area contributed by atoms with Crippen LogP contribution in [-0.2, 0) is 16.0 Å². The summed E-state index contributed by atoms with van der Waals surface area (Å²) in [4.78, 5) is 16.2. The maximum absolute atomic E-state index is 8.12. The number of rotatable bonds is 2. The quantitative estimate of drug-likeness (QED) is 0.670. The Morgan fingerprint density at radius 2 is 1.67 bits per heavy atom. The summed E-state index contributed by atoms with van der Waals surface area (Å²) in [6, 6.07) is 10.6. The minimum atomic E-state index is 0.250. The molecule has 0 aliphatic heterocycles. The van der Waals surface area contributed by atoms with Crippen molar-refractivity contribution < 1.29 is 9.59 Å². The molecule has 12 heavy (non-hydrogen) atoms. The predicted octanol–water partition coefficient (Wildman–Crippen LogP) is 2.06. The van der Waals surface area contributed by atoms with Gasteiger partial charge in [-0.05, 0) is 12.0 Å². The lowest BCUT2D eigenvalue weighted by Gasteiger charge is -1.93. The molecule has 1 aromatic rings. The van der Waals surface area contributed by atoms with E-state index in [0.29, 0.717) is 0 Å². The summed E-state index contributed by atoms with van der Waals surface area (Å²) in [5.74, 6) is 0. The van der Waals surface area contributed by atoms with Crippen LogP contribution in [0.3, 0.4) is 0 Å². The van der Waals surface area contributed by atoms with Crippen molar-refractivity contribution in [3.63, 3.8) is 0 Å². The Kier molecular flexibility index (Phi) is 6.81. The van der Waals surface area contributed by atoms with Gasteiger partial charge in [0.25, 0.3) is 0 Å². The third kappa shape index (κ3) is 5.39. The molecule has 0 amide bonds. The van der Waals surface area contributed by atoms with Crippen LogP contribution in [-0.4, -0.2) is 6.15 Å². The molecule has 0 bridgehead atoms. The molecule has 64 valence electrons. The van der Waals surface area contributed by atoms with E-state index in [9.17, 15) is 0 Å². The Balaban J connectivity index is 0.000000354. The molecule has 2 heteroatoms. The van der Waals surface area contributed by atoms with Crippen molar-refractivity contribution >= 4 is 6.15 Å². The zero-order valence-electron chi connectivity index (χ0n) is 7.12. The van der Waals surface area contributed by atoms with Gasteiger partial charge in [-0.1, -0.05) is 43.7 Å². The van der Waals surface area contributed by atoms with E-state index >= 15 is 0 Å². The largest absolute Gasteiger partial charge is 0.373 e. The minimum Gasteiger partial charge on any atom is -0.186 e. The summed E-state index contributed by atoms with van der Waals surface area (Å²) in [5.41, 5.74) is 1.44. The molecule has 0 aromatic heterocycles. The van der Waals surface area contributed by atoms with Gasteiger partial charge >= 0.3 is 6.15 Å². The maximum Gasteiger partial charge on any atom is 0.373 e. The van der Waals surface area contributed by atoms with Crippen LogP contribution in [0.25, 0.3) is 0 Å². The normalized spacial score (nSPS) is 7.75. The highest BCUT2D eigenvalue weighted by Crippen LogP contribution is 2.00. The van der Waals surface area contributed by atoms with Crippen molar-refractivity contribution in [2.75, 3.05) is 0 Å². The van der Waals surface area contributed by atoms with E-state index in [2.05, 4.69) is 37.3 Å². The van der Waals surface area contributed by atoms with Gasteiger partial charge in [0.15, 0.2) is 0 Å². The van der Waals surface area contributed by atoms with Crippen molar-refractivity contribution in [3.05, 3.63) is 35.9 Å². The number of hydrogen-bond acceptors (Lipinski definition) is 2. The molecule has 1 rings (SSSR count). The number of aryl methyl sites for hydroxylation is 1. The Hall–Kier alpha value is -1.40. The summed E-state index contributed by atoms with van der Waals surface area (Å²) >= 11 is 0. The van der Waals surface area contributed by atoms with Crippen LogP contribution in [0.5, 0.6) is 0 Å². The van der Waals surface area contributed by atoms with E-state index in [4.69, 9.17) is 9.59 Å². The number of hydrogen-bond donors (Lipinski definition) is 0. The number of benzene rings is 1. The fourth-order valence-electron chi connectivity index (χ4n) is 0.933. The zero-order valence-corrected chi connectivity index (χ0v) is 7.12. The van der Waals surface area contributed by atoms with E-state index in [-0.39, 0.29) is 6.15 Å². The van der Waals surface area contributed by atoms with Gasteiger partial charge in [0.1, 0.15) is 0 Å². The van der Waals surface area contributed by atoms with E-state index < -0.39 is 0 Å². The molecule has 2 nitrogen and oxygen atoms in total. The SMILES string of the molecule is CCCc1ccccc1.O=C=O. The van der Waals surface area contributed by atoms with Crippen molar-refractivity contribution in [2.45, 2.75) is 19.8 Å². The molecular formula is C10H12O2. The summed E-state index contributed by atoms with van der Waals surface area (Å²) in [6.07, 6.45) is 2.70. The second kappa shape index (κ2) is 7.70. The molecule has 0 aliphatic carbocycles. The fraction of sp³-hybridized carbons (Fsp3) is 0.300. The van der Waals surface area contributed by atoms with E-state index in [1.54, 1.807) is 0 Å². The molecule has 0 aliphatic rings. The van der Waals surface area contributed by atoms with Gasteiger partial charge in [-0.2, -0.15) is 9.59 Å². The molecule has 0 spiro atoms. The maximum atomic E-state index is 8.12. The van der Waals surface area contributed by atoms with Gasteiger partial charge in [0.2, 0.25) is 0 Å². The lowest BCUT2D eigenvalue weighted by molar-refractivity contribution is -0.191. The van der Waals surface area contributed by atoms with Crippen LogP contribution >= 0.6 is 0 Å². The van der Waals surface area contributed by atoms with Gasteiger partial charge in [-0.25, -0.2) is 0 Å². The molecule has 0 N–H and O–H groups in total. The smallest absolute Gasteiger partial charge is 0.186 e. The third-order valence-electron chi connectivity index (χ3n) is 1.38. The van der Waals surface area contributed by atoms with Crippen LogP contribution in [0.15, 0.2) is 30.3 Å². The van der Waals surface area contributed by atoms with E-state index in [0.717, 1.165) is 0 Å². The molecular weight excluding hydrogens is 152 g/mol. The molecule has 0 saturated carbocycles. The van der Waals surface area contributed by atoms with Gasteiger partial charge < -0.3 is 0 Å². The first-order chi connectivity index (χ1) is 5.85. The average Bonchev–Trinajstić information content (AvgIpc) is 2.08. The third-order valence-corrected chi connectivity index (χ3v) is 1.38. The van der Waals surface area contributed by atoms with Crippen LogP contribution in [0.4, 0.5) is 0 Å². The molecule has 0 fully saturated rings. The topological polar surface area (TPSA) is 34.1 Å². The standard InChI is InChI=1S/C9H12.CO2/c1-2-6-9-7-4-3-5-8-9;2-1-3/h3-5,7-8H,2,6H2,1H3;. The van der Waals surface area contributed by atoms with Crippen molar-refractivity contribution in [1.29, 1.82) is 0 Å². The Morgan fingerprint density at radius 3 is 2.08 bits per heavy atom. The first kappa shape index (κ1) is 10.6. The Bertz CT molecular complexity index is 223. The fourth-order valence-corrected chi connectivity index (χ4v) is 0.933. The van der Waals surface area contributed by atoms with Crippen LogP contribution < -0.4 is 0 Å². The second-order valence-corrected chi connectivity index (χ2v) is 2.32. The van der Waals surface area contributed by atoms with Crippen LogP contribution in [0.1, 0.15) is 18.9 Å². The van der Waals surface area contributed by atoms with Crippen LogP contribution in [0.2, 0.25) is 0 Å². The minimum absolute atomic E-state index is 0.250. The van der Waals surface area contributed by atoms with Crippen molar-refractivity contribution in [2.24, 2.45) is 0 Å². The summed E-state index contributed by atoms with van der Waals surface area (Å²) in [7, 11) is 0. The Morgan fingerprint density at radius 1 is 1.17 bits per heavy atom. The first-order valence-electron chi connectivity index (χ1n) is 3.88. The summed E-state index contributed by atoms with van der Waals surface area (Å²) in [5, 5.41) is 0. The van der Waals surface area contributed by atoms with E-state index in [1.807, 2.05) is 0 Å². The lowest BCUT2D eigenvalue weighted by Crippen LogP contribution is -1.78. The first-order valence-corrected chi connectivity index (χ1v) is 3.88. The molecule has 0 radical (unpaired) electrons. The highest BCUT2D eigenvalue weighted by Gasteiger charge is 1.84. The average molecular weight is 164 g/mol. The van der Waals surface area contributed by atoms with Crippen LogP contribution in [0, 0.1) is 0 Å². The van der Waals surface area contributed by atoms with Gasteiger partial charge in [0, 0.05) is 0 Å². The molecule has 0 saturated heterocycles. The van der Waals surface area contributed by atoms with Gasteiger partial charge in [0.05, 0.1) is 0 Å².